The van der Waals surface area contributed by atoms with Crippen molar-refractivity contribution in [1.29, 1.82) is 0 Å². The Morgan fingerprint density at radius 3 is 2.11 bits per heavy atom. The molecular formula is C29H36N2O3S. The summed E-state index contributed by atoms with van der Waals surface area (Å²) in [6.07, 6.45) is 0.647. The van der Waals surface area contributed by atoms with E-state index in [4.69, 9.17) is 0 Å². The predicted molar refractivity (Wildman–Crippen MR) is 143 cm³/mol. The van der Waals surface area contributed by atoms with Gasteiger partial charge in [-0.2, -0.15) is 0 Å². The van der Waals surface area contributed by atoms with Crippen LogP contribution in [0.5, 0.6) is 0 Å². The summed E-state index contributed by atoms with van der Waals surface area (Å²) in [5, 5.41) is 2.98. The largest absolute Gasteiger partial charge is 0.348 e. The lowest BCUT2D eigenvalue weighted by molar-refractivity contribution is -0.120. The number of aryl methyl sites for hydroxylation is 2. The summed E-state index contributed by atoms with van der Waals surface area (Å²) in [6.45, 7) is 11.9. The van der Waals surface area contributed by atoms with Gasteiger partial charge in [-0.3, -0.25) is 9.10 Å². The summed E-state index contributed by atoms with van der Waals surface area (Å²) in [5.74, 6) is -0.362. The first-order chi connectivity index (χ1) is 16.4. The highest BCUT2D eigenvalue weighted by Gasteiger charge is 2.29. The number of nitrogens with zero attached hydrogens (tertiary/aromatic N) is 1. The van der Waals surface area contributed by atoms with Crippen molar-refractivity contribution in [2.75, 3.05) is 10.8 Å². The van der Waals surface area contributed by atoms with Crippen LogP contribution in [-0.4, -0.2) is 20.9 Å². The maximum Gasteiger partial charge on any atom is 0.264 e. The second kappa shape index (κ2) is 10.6. The molecule has 1 unspecified atom stereocenters. The van der Waals surface area contributed by atoms with E-state index >= 15 is 0 Å². The summed E-state index contributed by atoms with van der Waals surface area (Å²) >= 11 is 0. The van der Waals surface area contributed by atoms with Crippen LogP contribution >= 0.6 is 0 Å². The van der Waals surface area contributed by atoms with Gasteiger partial charge in [0.2, 0.25) is 5.91 Å². The SMILES string of the molecule is CCc1ccccc1N(CC(=O)NC(C)c1ccc(C(C)(C)C)cc1)S(=O)(=O)c1ccc(C)cc1. The van der Waals surface area contributed by atoms with Crippen LogP contribution in [0.2, 0.25) is 0 Å². The van der Waals surface area contributed by atoms with Gasteiger partial charge in [-0.25, -0.2) is 8.42 Å². The monoisotopic (exact) mass is 492 g/mol. The molecule has 0 aromatic heterocycles. The number of para-hydroxylation sites is 1. The number of carbonyl (C=O) groups excluding carboxylic acids is 1. The van der Waals surface area contributed by atoms with Gasteiger partial charge in [0, 0.05) is 0 Å². The molecule has 5 nitrogen and oxygen atoms in total. The molecule has 0 aliphatic carbocycles. The smallest absolute Gasteiger partial charge is 0.264 e. The normalized spacial score (nSPS) is 12.7. The molecular weight excluding hydrogens is 456 g/mol. The maximum atomic E-state index is 13.7. The highest BCUT2D eigenvalue weighted by atomic mass is 32.2. The lowest BCUT2D eigenvalue weighted by Crippen LogP contribution is -2.42. The number of nitrogens with one attached hydrogen (secondary N) is 1. The third kappa shape index (κ3) is 6.31. The standard InChI is InChI=1S/C29H36N2O3S/c1-7-23-10-8-9-11-27(23)31(35(33,34)26-18-12-21(2)13-19-26)20-28(32)30-22(3)24-14-16-25(17-15-24)29(4,5)6/h8-19,22H,7,20H2,1-6H3,(H,30,32). The average Bonchev–Trinajstić information content (AvgIpc) is 2.82. The number of benzene rings is 3. The first-order valence-corrected chi connectivity index (χ1v) is 13.4. The van der Waals surface area contributed by atoms with Crippen LogP contribution in [0.25, 0.3) is 0 Å². The fourth-order valence-corrected chi connectivity index (χ4v) is 5.42. The van der Waals surface area contributed by atoms with E-state index in [1.165, 1.54) is 9.87 Å². The van der Waals surface area contributed by atoms with E-state index in [0.29, 0.717) is 12.1 Å². The molecule has 0 saturated heterocycles. The van der Waals surface area contributed by atoms with E-state index in [-0.39, 0.29) is 28.8 Å². The Hall–Kier alpha value is -3.12. The Labute approximate surface area is 210 Å². The molecule has 0 bridgehead atoms. The van der Waals surface area contributed by atoms with Gasteiger partial charge in [0.1, 0.15) is 6.54 Å². The molecule has 3 aromatic carbocycles. The molecule has 0 radical (unpaired) electrons. The Morgan fingerprint density at radius 2 is 1.54 bits per heavy atom. The number of carbonyl (C=O) groups is 1. The molecule has 0 fully saturated rings. The predicted octanol–water partition coefficient (Wildman–Crippen LogP) is 5.93. The molecule has 0 aliphatic rings. The first-order valence-electron chi connectivity index (χ1n) is 12.0. The Morgan fingerprint density at radius 1 is 0.943 bits per heavy atom. The van der Waals surface area contributed by atoms with Gasteiger partial charge in [-0.1, -0.05) is 87.9 Å². The van der Waals surface area contributed by atoms with Gasteiger partial charge < -0.3 is 5.32 Å². The molecule has 0 heterocycles. The zero-order valence-corrected chi connectivity index (χ0v) is 22.3. The van der Waals surface area contributed by atoms with Crippen molar-refractivity contribution >= 4 is 21.6 Å². The second-order valence-corrected chi connectivity index (χ2v) is 11.8. The molecule has 0 spiro atoms. The van der Waals surface area contributed by atoms with Gasteiger partial charge in [0.25, 0.3) is 10.0 Å². The molecule has 3 rings (SSSR count). The minimum Gasteiger partial charge on any atom is -0.348 e. The summed E-state index contributed by atoms with van der Waals surface area (Å²) in [6, 6.07) is 21.9. The summed E-state index contributed by atoms with van der Waals surface area (Å²) in [4.78, 5) is 13.3. The third-order valence-electron chi connectivity index (χ3n) is 6.19. The maximum absolute atomic E-state index is 13.7. The van der Waals surface area contributed by atoms with Crippen LogP contribution in [-0.2, 0) is 26.7 Å². The van der Waals surface area contributed by atoms with Crippen LogP contribution in [0.15, 0.2) is 77.7 Å². The lowest BCUT2D eigenvalue weighted by atomic mass is 9.86. The molecule has 35 heavy (non-hydrogen) atoms. The zero-order chi connectivity index (χ0) is 25.8. The van der Waals surface area contributed by atoms with Gasteiger partial charge in [-0.15, -0.1) is 0 Å². The average molecular weight is 493 g/mol. The molecule has 6 heteroatoms. The van der Waals surface area contributed by atoms with Crippen molar-refractivity contribution in [3.63, 3.8) is 0 Å². The van der Waals surface area contributed by atoms with Crippen molar-refractivity contribution in [2.45, 2.75) is 64.3 Å². The summed E-state index contributed by atoms with van der Waals surface area (Å²) < 4.78 is 28.6. The summed E-state index contributed by atoms with van der Waals surface area (Å²) in [5.41, 5.74) is 4.57. The van der Waals surface area contributed by atoms with Crippen LogP contribution in [0.4, 0.5) is 5.69 Å². The molecule has 1 atom stereocenters. The molecule has 0 saturated carbocycles. The van der Waals surface area contributed by atoms with E-state index in [0.717, 1.165) is 16.7 Å². The number of anilines is 1. The van der Waals surface area contributed by atoms with Crippen LogP contribution in [0.3, 0.4) is 0 Å². The van der Waals surface area contributed by atoms with E-state index in [1.807, 2.05) is 45.0 Å². The van der Waals surface area contributed by atoms with Gasteiger partial charge in [0.15, 0.2) is 0 Å². The van der Waals surface area contributed by atoms with Crippen molar-refractivity contribution < 1.29 is 13.2 Å². The number of hydrogen-bond acceptors (Lipinski definition) is 3. The fourth-order valence-electron chi connectivity index (χ4n) is 3.96. The Balaban J connectivity index is 1.89. The Kier molecular flexibility index (Phi) is 8.06. The van der Waals surface area contributed by atoms with Crippen LogP contribution in [0, 0.1) is 6.92 Å². The highest BCUT2D eigenvalue weighted by Crippen LogP contribution is 2.28. The number of amides is 1. The molecule has 1 amide bonds. The summed E-state index contributed by atoms with van der Waals surface area (Å²) in [7, 11) is -3.95. The molecule has 1 N–H and O–H groups in total. The van der Waals surface area contributed by atoms with Crippen LogP contribution in [0.1, 0.15) is 62.9 Å². The van der Waals surface area contributed by atoms with E-state index < -0.39 is 10.0 Å². The van der Waals surface area contributed by atoms with Crippen molar-refractivity contribution in [2.24, 2.45) is 0 Å². The number of rotatable bonds is 8. The van der Waals surface area contributed by atoms with E-state index in [1.54, 1.807) is 36.4 Å². The highest BCUT2D eigenvalue weighted by molar-refractivity contribution is 7.92. The van der Waals surface area contributed by atoms with Gasteiger partial charge >= 0.3 is 0 Å². The van der Waals surface area contributed by atoms with Gasteiger partial charge in [0.05, 0.1) is 16.6 Å². The molecule has 186 valence electrons. The quantitative estimate of drug-likeness (QED) is 0.424. The number of hydrogen-bond donors (Lipinski definition) is 1. The van der Waals surface area contributed by atoms with Crippen molar-refractivity contribution in [3.05, 3.63) is 95.1 Å². The van der Waals surface area contributed by atoms with Crippen molar-refractivity contribution in [3.8, 4) is 0 Å². The topological polar surface area (TPSA) is 66.5 Å². The molecule has 0 aliphatic heterocycles. The number of sulfonamides is 1. The zero-order valence-electron chi connectivity index (χ0n) is 21.5. The Bertz CT molecular complexity index is 1260. The van der Waals surface area contributed by atoms with E-state index in [9.17, 15) is 13.2 Å². The fraction of sp³-hybridized carbons (Fsp3) is 0.345. The minimum atomic E-state index is -3.95. The van der Waals surface area contributed by atoms with E-state index in [2.05, 4.69) is 38.2 Å². The van der Waals surface area contributed by atoms with Gasteiger partial charge in [-0.05, 0) is 60.6 Å². The molecule has 3 aromatic rings. The minimum absolute atomic E-state index is 0.0442. The van der Waals surface area contributed by atoms with Crippen LogP contribution < -0.4 is 9.62 Å². The first kappa shape index (κ1) is 26.5. The third-order valence-corrected chi connectivity index (χ3v) is 7.97. The van der Waals surface area contributed by atoms with Crippen molar-refractivity contribution in [1.82, 2.24) is 5.32 Å². The lowest BCUT2D eigenvalue weighted by Gasteiger charge is -2.27. The second-order valence-electron chi connectivity index (χ2n) is 9.97.